The van der Waals surface area contributed by atoms with Gasteiger partial charge in [-0.25, -0.2) is 0 Å². The maximum absolute atomic E-state index is 10.9. The van der Waals surface area contributed by atoms with Crippen LogP contribution in [0.15, 0.2) is 30.4 Å². The van der Waals surface area contributed by atoms with Gasteiger partial charge in [-0.15, -0.1) is 0 Å². The van der Waals surface area contributed by atoms with Crippen LogP contribution in [0.25, 0.3) is 0 Å². The number of anilines is 1. The number of benzene rings is 1. The van der Waals surface area contributed by atoms with Crippen LogP contribution < -0.4 is 11.1 Å². The van der Waals surface area contributed by atoms with Crippen LogP contribution >= 0.6 is 0 Å². The van der Waals surface area contributed by atoms with Crippen LogP contribution in [-0.2, 0) is 0 Å². The maximum Gasteiger partial charge on any atom is 0.295 e. The van der Waals surface area contributed by atoms with Crippen LogP contribution in [0.4, 0.5) is 11.4 Å². The average Bonchev–Trinajstić information content (AvgIpc) is 2.24. The Morgan fingerprint density at radius 2 is 2.25 bits per heavy atom. The summed E-state index contributed by atoms with van der Waals surface area (Å²) in [6.45, 7) is 2.72. The predicted octanol–water partition coefficient (Wildman–Crippen LogP) is 1.83. The smallest absolute Gasteiger partial charge is 0.295 e. The van der Waals surface area contributed by atoms with E-state index in [9.17, 15) is 10.1 Å². The molecule has 16 heavy (non-hydrogen) atoms. The van der Waals surface area contributed by atoms with E-state index in [4.69, 9.17) is 5.73 Å². The summed E-state index contributed by atoms with van der Waals surface area (Å²) in [6, 6.07) is 5.21. The summed E-state index contributed by atoms with van der Waals surface area (Å²) >= 11 is 0. The standard InChI is InChI=1S/C11H15N3O2/c1-9-5-4-6-10(11(9)14(15)16)13-8-3-2-7-12/h2-6,13H,7-8,12H2,1H3/b3-2+. The van der Waals surface area contributed by atoms with Crippen LogP contribution in [0.5, 0.6) is 0 Å². The van der Waals surface area contributed by atoms with Gasteiger partial charge in [0.05, 0.1) is 4.92 Å². The zero-order chi connectivity index (χ0) is 12.0. The van der Waals surface area contributed by atoms with Gasteiger partial charge >= 0.3 is 0 Å². The normalized spacial score (nSPS) is 10.6. The number of rotatable bonds is 5. The lowest BCUT2D eigenvalue weighted by atomic mass is 10.1. The highest BCUT2D eigenvalue weighted by atomic mass is 16.6. The van der Waals surface area contributed by atoms with Crippen molar-refractivity contribution < 1.29 is 4.92 Å². The third-order valence-electron chi connectivity index (χ3n) is 2.13. The first kappa shape index (κ1) is 12.2. The number of hydrogen-bond donors (Lipinski definition) is 2. The fraction of sp³-hybridized carbons (Fsp3) is 0.273. The van der Waals surface area contributed by atoms with Crippen molar-refractivity contribution in [2.45, 2.75) is 6.92 Å². The number of nitrogens with one attached hydrogen (secondary N) is 1. The molecule has 86 valence electrons. The van der Waals surface area contributed by atoms with Crippen LogP contribution in [0.3, 0.4) is 0 Å². The Morgan fingerprint density at radius 3 is 2.88 bits per heavy atom. The third kappa shape index (κ3) is 3.06. The second kappa shape index (κ2) is 5.87. The molecule has 0 amide bonds. The van der Waals surface area contributed by atoms with E-state index in [0.29, 0.717) is 24.3 Å². The molecule has 0 spiro atoms. The molecule has 5 nitrogen and oxygen atoms in total. The molecular weight excluding hydrogens is 206 g/mol. The van der Waals surface area contributed by atoms with Crippen LogP contribution in [0.1, 0.15) is 5.56 Å². The van der Waals surface area contributed by atoms with Gasteiger partial charge in [0.25, 0.3) is 5.69 Å². The van der Waals surface area contributed by atoms with E-state index in [0.717, 1.165) is 0 Å². The summed E-state index contributed by atoms with van der Waals surface area (Å²) in [5.41, 5.74) is 6.60. The van der Waals surface area contributed by atoms with E-state index in [-0.39, 0.29) is 10.6 Å². The van der Waals surface area contributed by atoms with Crippen molar-refractivity contribution in [1.29, 1.82) is 0 Å². The highest BCUT2D eigenvalue weighted by molar-refractivity contribution is 5.65. The van der Waals surface area contributed by atoms with E-state index >= 15 is 0 Å². The number of hydrogen-bond acceptors (Lipinski definition) is 4. The van der Waals surface area contributed by atoms with Crippen LogP contribution in [-0.4, -0.2) is 18.0 Å². The topological polar surface area (TPSA) is 81.2 Å². The lowest BCUT2D eigenvalue weighted by molar-refractivity contribution is -0.384. The minimum absolute atomic E-state index is 0.128. The number of nitro benzene ring substituents is 1. The Balaban J connectivity index is 2.83. The van der Waals surface area contributed by atoms with Crippen molar-refractivity contribution in [2.24, 2.45) is 5.73 Å². The van der Waals surface area contributed by atoms with Crippen molar-refractivity contribution >= 4 is 11.4 Å². The molecule has 0 saturated heterocycles. The van der Waals surface area contributed by atoms with E-state index in [1.807, 2.05) is 6.08 Å². The van der Waals surface area contributed by atoms with Crippen molar-refractivity contribution in [3.8, 4) is 0 Å². The van der Waals surface area contributed by atoms with Gasteiger partial charge in [0.15, 0.2) is 0 Å². The molecule has 0 aliphatic rings. The molecule has 0 saturated carbocycles. The lowest BCUT2D eigenvalue weighted by Gasteiger charge is -2.06. The molecule has 0 radical (unpaired) electrons. The molecule has 0 aliphatic carbocycles. The van der Waals surface area contributed by atoms with Gasteiger partial charge in [-0.3, -0.25) is 10.1 Å². The largest absolute Gasteiger partial charge is 0.376 e. The first-order valence-electron chi connectivity index (χ1n) is 4.99. The molecule has 0 aromatic heterocycles. The van der Waals surface area contributed by atoms with Gasteiger partial charge in [-0.2, -0.15) is 0 Å². The molecule has 0 heterocycles. The van der Waals surface area contributed by atoms with Crippen LogP contribution in [0, 0.1) is 17.0 Å². The molecular formula is C11H15N3O2. The SMILES string of the molecule is Cc1cccc(NC/C=C/CN)c1[N+](=O)[O-]. The minimum atomic E-state index is -0.371. The van der Waals surface area contributed by atoms with Gasteiger partial charge in [0, 0.05) is 18.7 Å². The molecule has 0 aliphatic heterocycles. The molecule has 0 fully saturated rings. The molecule has 5 heteroatoms. The van der Waals surface area contributed by atoms with Crippen molar-refractivity contribution in [3.63, 3.8) is 0 Å². The second-order valence-electron chi connectivity index (χ2n) is 3.32. The summed E-state index contributed by atoms with van der Waals surface area (Å²) in [5, 5.41) is 13.8. The number of nitrogens with zero attached hydrogens (tertiary/aromatic N) is 1. The molecule has 0 unspecified atom stereocenters. The highest BCUT2D eigenvalue weighted by Gasteiger charge is 2.15. The monoisotopic (exact) mass is 221 g/mol. The van der Waals surface area contributed by atoms with E-state index in [1.165, 1.54) is 0 Å². The highest BCUT2D eigenvalue weighted by Crippen LogP contribution is 2.27. The van der Waals surface area contributed by atoms with E-state index < -0.39 is 0 Å². The van der Waals surface area contributed by atoms with Gasteiger partial charge in [-0.1, -0.05) is 24.3 Å². The van der Waals surface area contributed by atoms with Crippen molar-refractivity contribution in [1.82, 2.24) is 0 Å². The summed E-state index contributed by atoms with van der Waals surface area (Å²) in [4.78, 5) is 10.5. The van der Waals surface area contributed by atoms with E-state index in [1.54, 1.807) is 31.2 Å². The Hall–Kier alpha value is -1.88. The fourth-order valence-corrected chi connectivity index (χ4v) is 1.39. The first-order valence-corrected chi connectivity index (χ1v) is 4.99. The van der Waals surface area contributed by atoms with Gasteiger partial charge in [0.2, 0.25) is 0 Å². The molecule has 0 atom stereocenters. The maximum atomic E-state index is 10.9. The first-order chi connectivity index (χ1) is 7.66. The summed E-state index contributed by atoms with van der Waals surface area (Å²) in [7, 11) is 0. The average molecular weight is 221 g/mol. The number of aryl methyl sites for hydroxylation is 1. The minimum Gasteiger partial charge on any atom is -0.376 e. The lowest BCUT2D eigenvalue weighted by Crippen LogP contribution is -2.04. The molecule has 1 rings (SSSR count). The number of nitrogens with two attached hydrogens (primary N) is 1. The Kier molecular flexibility index (Phi) is 4.47. The molecule has 1 aromatic rings. The van der Waals surface area contributed by atoms with Gasteiger partial charge < -0.3 is 11.1 Å². The zero-order valence-corrected chi connectivity index (χ0v) is 9.14. The summed E-state index contributed by atoms with van der Waals surface area (Å²) < 4.78 is 0. The zero-order valence-electron chi connectivity index (χ0n) is 9.14. The van der Waals surface area contributed by atoms with E-state index in [2.05, 4.69) is 5.32 Å². The van der Waals surface area contributed by atoms with Crippen LogP contribution in [0.2, 0.25) is 0 Å². The molecule has 1 aromatic carbocycles. The quantitative estimate of drug-likeness (QED) is 0.451. The van der Waals surface area contributed by atoms with Crippen molar-refractivity contribution in [3.05, 3.63) is 46.0 Å². The number of para-hydroxylation sites is 1. The summed E-state index contributed by atoms with van der Waals surface area (Å²) in [6.07, 6.45) is 3.64. The summed E-state index contributed by atoms with van der Waals surface area (Å²) in [5.74, 6) is 0. The molecule has 3 N–H and O–H groups in total. The Bertz CT molecular complexity index is 402. The van der Waals surface area contributed by atoms with Gasteiger partial charge in [-0.05, 0) is 13.0 Å². The fourth-order valence-electron chi connectivity index (χ4n) is 1.39. The molecule has 0 bridgehead atoms. The van der Waals surface area contributed by atoms with Gasteiger partial charge in [0.1, 0.15) is 5.69 Å². The number of nitro groups is 1. The Morgan fingerprint density at radius 1 is 1.50 bits per heavy atom. The predicted molar refractivity (Wildman–Crippen MR) is 64.5 cm³/mol. The Labute approximate surface area is 94.1 Å². The van der Waals surface area contributed by atoms with Crippen molar-refractivity contribution in [2.75, 3.05) is 18.4 Å². The third-order valence-corrected chi connectivity index (χ3v) is 2.13. The second-order valence-corrected chi connectivity index (χ2v) is 3.32.